The van der Waals surface area contributed by atoms with Crippen LogP contribution in [0.1, 0.15) is 16.7 Å². The van der Waals surface area contributed by atoms with Crippen molar-refractivity contribution in [1.82, 2.24) is 14.5 Å². The van der Waals surface area contributed by atoms with Crippen molar-refractivity contribution in [2.45, 2.75) is 17.6 Å². The Balaban J connectivity index is 1.47. The highest BCUT2D eigenvalue weighted by atomic mass is 32.2. The zero-order valence-electron chi connectivity index (χ0n) is 19.4. The standard InChI is InChI=1S/C23H27F3N4O4S/c1-29(15-17-7-9-18(10-8-17)22-27-11-12-28-22)21(31)16-34-14-13-30(2)35(32,33)20-6-4-3-5-19(20)23(24,25)26/h3-10H,11-16H2,1-2H3,(H,27,28). The Bertz CT molecular complexity index is 1170. The predicted octanol–water partition coefficient (Wildman–Crippen LogP) is 2.35. The van der Waals surface area contributed by atoms with Gasteiger partial charge in [0.2, 0.25) is 15.9 Å². The first-order valence-corrected chi connectivity index (χ1v) is 12.3. The number of aliphatic imine (C=N–C) groups is 1. The number of amidine groups is 1. The fourth-order valence-electron chi connectivity index (χ4n) is 3.40. The SMILES string of the molecule is CN(Cc1ccc(C2=NCCN2)cc1)C(=O)COCCN(C)S(=O)(=O)c1ccccc1C(F)(F)F. The number of amides is 1. The van der Waals surface area contributed by atoms with E-state index in [1.807, 2.05) is 24.3 Å². The fraction of sp³-hybridized carbons (Fsp3) is 0.391. The number of likely N-dealkylation sites (N-methyl/N-ethyl adjacent to an activating group) is 2. The maximum absolute atomic E-state index is 13.2. The number of benzene rings is 2. The third-order valence-corrected chi connectivity index (χ3v) is 7.32. The lowest BCUT2D eigenvalue weighted by Crippen LogP contribution is -2.34. The summed E-state index contributed by atoms with van der Waals surface area (Å²) >= 11 is 0. The van der Waals surface area contributed by atoms with Gasteiger partial charge in [-0.3, -0.25) is 9.79 Å². The third kappa shape index (κ3) is 6.80. The number of rotatable bonds is 10. The van der Waals surface area contributed by atoms with Crippen LogP contribution in [-0.2, 0) is 32.3 Å². The number of nitrogens with one attached hydrogen (secondary N) is 1. The molecule has 1 aliphatic heterocycles. The van der Waals surface area contributed by atoms with Crippen LogP contribution in [-0.4, -0.2) is 76.3 Å². The van der Waals surface area contributed by atoms with Gasteiger partial charge in [-0.2, -0.15) is 17.5 Å². The number of nitrogens with zero attached hydrogens (tertiary/aromatic N) is 3. The van der Waals surface area contributed by atoms with Crippen molar-refractivity contribution in [2.24, 2.45) is 4.99 Å². The average molecular weight is 513 g/mol. The highest BCUT2D eigenvalue weighted by Gasteiger charge is 2.38. The van der Waals surface area contributed by atoms with Gasteiger partial charge < -0.3 is 15.0 Å². The molecule has 0 radical (unpaired) electrons. The predicted molar refractivity (Wildman–Crippen MR) is 124 cm³/mol. The first-order valence-electron chi connectivity index (χ1n) is 10.8. The Labute approximate surface area is 202 Å². The van der Waals surface area contributed by atoms with Gasteiger partial charge >= 0.3 is 6.18 Å². The van der Waals surface area contributed by atoms with Crippen LogP contribution in [0.4, 0.5) is 13.2 Å². The van der Waals surface area contributed by atoms with Gasteiger partial charge in [-0.15, -0.1) is 0 Å². The second-order valence-corrected chi connectivity index (χ2v) is 9.99. The summed E-state index contributed by atoms with van der Waals surface area (Å²) in [5, 5.41) is 3.19. The molecule has 1 N–H and O–H groups in total. The highest BCUT2D eigenvalue weighted by Crippen LogP contribution is 2.34. The van der Waals surface area contributed by atoms with Crippen LogP contribution in [0.15, 0.2) is 58.4 Å². The lowest BCUT2D eigenvalue weighted by Gasteiger charge is -2.21. The molecule has 0 bridgehead atoms. The minimum atomic E-state index is -4.81. The molecule has 12 heteroatoms. The zero-order chi connectivity index (χ0) is 25.6. The normalized spacial score (nSPS) is 14.1. The zero-order valence-corrected chi connectivity index (χ0v) is 20.2. The summed E-state index contributed by atoms with van der Waals surface area (Å²) in [6.07, 6.45) is -4.81. The molecule has 0 saturated heterocycles. The van der Waals surface area contributed by atoms with Gasteiger partial charge in [-0.1, -0.05) is 36.4 Å². The van der Waals surface area contributed by atoms with Crippen molar-refractivity contribution in [3.63, 3.8) is 0 Å². The molecule has 8 nitrogen and oxygen atoms in total. The molecule has 2 aromatic rings. The van der Waals surface area contributed by atoms with Crippen LogP contribution >= 0.6 is 0 Å². The number of carbonyl (C=O) groups is 1. The van der Waals surface area contributed by atoms with E-state index in [9.17, 15) is 26.4 Å². The number of ether oxygens (including phenoxy) is 1. The van der Waals surface area contributed by atoms with Gasteiger partial charge in [0.25, 0.3) is 0 Å². The number of sulfonamides is 1. The molecule has 1 amide bonds. The molecule has 3 rings (SSSR count). The molecule has 35 heavy (non-hydrogen) atoms. The molecular formula is C23H27F3N4O4S. The summed E-state index contributed by atoms with van der Waals surface area (Å²) in [5.41, 5.74) is 0.656. The maximum atomic E-state index is 13.2. The number of alkyl halides is 3. The molecule has 1 heterocycles. The van der Waals surface area contributed by atoms with Gasteiger partial charge in [-0.25, -0.2) is 8.42 Å². The van der Waals surface area contributed by atoms with E-state index >= 15 is 0 Å². The summed E-state index contributed by atoms with van der Waals surface area (Å²) in [4.78, 5) is 17.4. The molecule has 2 aromatic carbocycles. The number of halogens is 3. The molecule has 190 valence electrons. The van der Waals surface area contributed by atoms with Crippen molar-refractivity contribution in [1.29, 1.82) is 0 Å². The Morgan fingerprint density at radius 1 is 1.11 bits per heavy atom. The van der Waals surface area contributed by atoms with Gasteiger partial charge in [0, 0.05) is 39.3 Å². The third-order valence-electron chi connectivity index (χ3n) is 5.40. The average Bonchev–Trinajstić information content (AvgIpc) is 3.36. The number of hydrogen-bond acceptors (Lipinski definition) is 6. The second kappa shape index (κ2) is 11.2. The van der Waals surface area contributed by atoms with Crippen LogP contribution in [0.3, 0.4) is 0 Å². The van der Waals surface area contributed by atoms with Crippen molar-refractivity contribution >= 4 is 21.8 Å². The molecule has 0 fully saturated rings. The molecule has 0 atom stereocenters. The van der Waals surface area contributed by atoms with Gasteiger partial charge in [0.05, 0.1) is 23.6 Å². The van der Waals surface area contributed by atoms with Crippen molar-refractivity contribution in [3.8, 4) is 0 Å². The van der Waals surface area contributed by atoms with E-state index in [4.69, 9.17) is 4.74 Å². The molecule has 0 aromatic heterocycles. The van der Waals surface area contributed by atoms with Crippen LogP contribution < -0.4 is 5.32 Å². The summed E-state index contributed by atoms with van der Waals surface area (Å²) in [6, 6.07) is 11.7. The monoisotopic (exact) mass is 512 g/mol. The maximum Gasteiger partial charge on any atom is 0.417 e. The Morgan fingerprint density at radius 3 is 2.43 bits per heavy atom. The Morgan fingerprint density at radius 2 is 1.80 bits per heavy atom. The molecule has 0 aliphatic carbocycles. The van der Waals surface area contributed by atoms with Gasteiger partial charge in [-0.05, 0) is 17.7 Å². The summed E-state index contributed by atoms with van der Waals surface area (Å²) in [6.45, 7) is 1.25. The molecule has 0 unspecified atom stereocenters. The van der Waals surface area contributed by atoms with Crippen molar-refractivity contribution in [3.05, 3.63) is 65.2 Å². The van der Waals surface area contributed by atoms with Crippen molar-refractivity contribution in [2.75, 3.05) is 46.9 Å². The van der Waals surface area contributed by atoms with E-state index in [-0.39, 0.29) is 25.7 Å². The minimum absolute atomic E-state index is 0.159. The Hall–Kier alpha value is -2.96. The van der Waals surface area contributed by atoms with E-state index < -0.39 is 26.7 Å². The molecular weight excluding hydrogens is 485 g/mol. The van der Waals surface area contributed by atoms with Crippen molar-refractivity contribution < 1.29 is 31.1 Å². The van der Waals surface area contributed by atoms with Gasteiger partial charge in [0.1, 0.15) is 12.4 Å². The van der Waals surface area contributed by atoms with Crippen LogP contribution in [0.25, 0.3) is 0 Å². The van der Waals surface area contributed by atoms with E-state index in [2.05, 4.69) is 10.3 Å². The van der Waals surface area contributed by atoms with E-state index in [1.165, 1.54) is 11.0 Å². The second-order valence-electron chi connectivity index (χ2n) is 7.98. The summed E-state index contributed by atoms with van der Waals surface area (Å²) < 4.78 is 70.9. The summed E-state index contributed by atoms with van der Waals surface area (Å²) in [7, 11) is -1.61. The van der Waals surface area contributed by atoms with Crippen LogP contribution in [0.2, 0.25) is 0 Å². The topological polar surface area (TPSA) is 91.3 Å². The smallest absolute Gasteiger partial charge is 0.370 e. The highest BCUT2D eigenvalue weighted by molar-refractivity contribution is 7.89. The van der Waals surface area contributed by atoms with Crippen LogP contribution in [0, 0.1) is 0 Å². The van der Waals surface area contributed by atoms with E-state index in [1.54, 1.807) is 7.05 Å². The minimum Gasteiger partial charge on any atom is -0.370 e. The largest absolute Gasteiger partial charge is 0.417 e. The summed E-state index contributed by atoms with van der Waals surface area (Å²) in [5.74, 6) is 0.534. The molecule has 0 saturated carbocycles. The quantitative estimate of drug-likeness (QED) is 0.494. The molecule has 0 spiro atoms. The van der Waals surface area contributed by atoms with E-state index in [0.29, 0.717) is 6.54 Å². The lowest BCUT2D eigenvalue weighted by molar-refractivity contribution is -0.140. The Kier molecular flexibility index (Phi) is 8.51. The van der Waals surface area contributed by atoms with E-state index in [0.717, 1.165) is 59.6 Å². The van der Waals surface area contributed by atoms with Gasteiger partial charge in [0.15, 0.2) is 0 Å². The number of carbonyl (C=O) groups excluding carboxylic acids is 1. The molecule has 1 aliphatic rings. The fourth-order valence-corrected chi connectivity index (χ4v) is 4.76. The number of hydrogen-bond donors (Lipinski definition) is 1. The first-order chi connectivity index (χ1) is 16.5. The first kappa shape index (κ1) is 26.6. The van der Waals surface area contributed by atoms with Crippen LogP contribution in [0.5, 0.6) is 0 Å². The lowest BCUT2D eigenvalue weighted by atomic mass is 10.1.